The molecular weight excluding hydrogens is 304 g/mol. The van der Waals surface area contributed by atoms with Gasteiger partial charge in [0.1, 0.15) is 0 Å². The second-order valence-corrected chi connectivity index (χ2v) is 12.6. The normalized spacial score (nSPS) is 22.5. The van der Waals surface area contributed by atoms with Crippen LogP contribution in [-0.2, 0) is 9.16 Å². The van der Waals surface area contributed by atoms with E-state index in [4.69, 9.17) is 14.3 Å². The molecule has 1 aliphatic heterocycles. The smallest absolute Gasteiger partial charge is 0.184 e. The molecule has 0 aromatic rings. The first-order valence-electron chi connectivity index (χ1n) is 9.19. The molecule has 1 saturated heterocycles. The fraction of sp³-hybridized carbons (Fsp3) is 0.944. The van der Waals surface area contributed by atoms with Gasteiger partial charge in [0.15, 0.2) is 8.32 Å². The van der Waals surface area contributed by atoms with E-state index < -0.39 is 8.32 Å². The van der Waals surface area contributed by atoms with E-state index in [0.717, 1.165) is 26.0 Å². The zero-order chi connectivity index (χ0) is 17.5. The minimum absolute atomic E-state index is 0.0788. The summed E-state index contributed by atoms with van der Waals surface area (Å²) < 4.78 is 11.9. The highest BCUT2D eigenvalue weighted by Gasteiger charge is 2.32. The number of nitrogens with zero attached hydrogens (tertiary/aromatic N) is 2. The largest absolute Gasteiger partial charge is 0.412 e. The number of rotatable bonds is 10. The Kier molecular flexibility index (Phi) is 8.25. The highest BCUT2D eigenvalue weighted by molar-refractivity contribution is 6.69. The van der Waals surface area contributed by atoms with E-state index in [-0.39, 0.29) is 5.60 Å². The highest BCUT2D eigenvalue weighted by Crippen LogP contribution is 2.28. The van der Waals surface area contributed by atoms with Crippen LogP contribution in [0.5, 0.6) is 0 Å². The lowest BCUT2D eigenvalue weighted by atomic mass is 9.93. The monoisotopic (exact) mass is 342 g/mol. The van der Waals surface area contributed by atoms with Gasteiger partial charge in [-0.1, -0.05) is 19.8 Å². The molecule has 1 aliphatic rings. The SMILES string of the molecule is CCCCC(C)(C/C(C)=N/N1CCC[C@H]1COC)O[Si](C)(C)C. The van der Waals surface area contributed by atoms with Crippen LogP contribution in [-0.4, -0.2) is 50.9 Å². The van der Waals surface area contributed by atoms with Crippen molar-refractivity contribution in [1.82, 2.24) is 5.01 Å². The Morgan fingerprint density at radius 1 is 1.35 bits per heavy atom. The third-order valence-electron chi connectivity index (χ3n) is 4.25. The first-order valence-corrected chi connectivity index (χ1v) is 12.6. The van der Waals surface area contributed by atoms with Crippen LogP contribution in [0.2, 0.25) is 19.6 Å². The first-order chi connectivity index (χ1) is 10.7. The van der Waals surface area contributed by atoms with Crippen LogP contribution in [0.25, 0.3) is 0 Å². The zero-order valence-electron chi connectivity index (χ0n) is 16.4. The summed E-state index contributed by atoms with van der Waals surface area (Å²) in [7, 11) is 0.206. The lowest BCUT2D eigenvalue weighted by Gasteiger charge is -2.37. The molecular formula is C18H38N2O2Si. The van der Waals surface area contributed by atoms with Gasteiger partial charge in [-0.15, -0.1) is 0 Å². The second-order valence-electron chi connectivity index (χ2n) is 8.19. The zero-order valence-corrected chi connectivity index (χ0v) is 17.4. The van der Waals surface area contributed by atoms with Gasteiger partial charge >= 0.3 is 0 Å². The number of hydrogen-bond donors (Lipinski definition) is 0. The van der Waals surface area contributed by atoms with Crippen molar-refractivity contribution in [2.24, 2.45) is 5.10 Å². The standard InChI is InChI=1S/C18H38N2O2Si/c1-8-9-12-18(3,22-23(5,6)7)14-16(2)19-20-13-10-11-17(20)15-21-4/h17H,8-15H2,1-7H3/b19-16+/t17-,18?/m0/s1. The van der Waals surface area contributed by atoms with Gasteiger partial charge in [0.25, 0.3) is 0 Å². The maximum atomic E-state index is 6.55. The van der Waals surface area contributed by atoms with E-state index in [1.807, 2.05) is 0 Å². The summed E-state index contributed by atoms with van der Waals surface area (Å²) in [5.74, 6) is 0. The lowest BCUT2D eigenvalue weighted by molar-refractivity contribution is 0.0747. The topological polar surface area (TPSA) is 34.1 Å². The van der Waals surface area contributed by atoms with Gasteiger partial charge in [0.2, 0.25) is 0 Å². The summed E-state index contributed by atoms with van der Waals surface area (Å²) in [6.45, 7) is 15.3. The summed E-state index contributed by atoms with van der Waals surface area (Å²) >= 11 is 0. The average molecular weight is 343 g/mol. The van der Waals surface area contributed by atoms with E-state index in [1.165, 1.54) is 31.4 Å². The molecule has 0 aromatic carbocycles. The van der Waals surface area contributed by atoms with Crippen LogP contribution in [0.15, 0.2) is 5.10 Å². The van der Waals surface area contributed by atoms with Gasteiger partial charge in [-0.2, -0.15) is 5.10 Å². The summed E-state index contributed by atoms with van der Waals surface area (Å²) in [6.07, 6.45) is 6.86. The van der Waals surface area contributed by atoms with Crippen LogP contribution < -0.4 is 0 Å². The molecule has 2 atom stereocenters. The summed E-state index contributed by atoms with van der Waals surface area (Å²) in [4.78, 5) is 0. The van der Waals surface area contributed by atoms with Gasteiger partial charge in [-0.05, 0) is 52.8 Å². The van der Waals surface area contributed by atoms with Crippen molar-refractivity contribution < 1.29 is 9.16 Å². The van der Waals surface area contributed by atoms with Crippen LogP contribution in [0, 0.1) is 0 Å². The van der Waals surface area contributed by atoms with Crippen molar-refractivity contribution in [2.75, 3.05) is 20.3 Å². The molecule has 5 heteroatoms. The predicted octanol–water partition coefficient (Wildman–Crippen LogP) is 4.66. The second kappa shape index (κ2) is 9.18. The molecule has 1 heterocycles. The van der Waals surface area contributed by atoms with Gasteiger partial charge in [0.05, 0.1) is 18.2 Å². The average Bonchev–Trinajstić information content (AvgIpc) is 2.82. The quantitative estimate of drug-likeness (QED) is 0.427. The minimum Gasteiger partial charge on any atom is -0.412 e. The Bertz CT molecular complexity index is 382. The van der Waals surface area contributed by atoms with Crippen LogP contribution in [0.4, 0.5) is 0 Å². The molecule has 0 spiro atoms. The number of methoxy groups -OCH3 is 1. The van der Waals surface area contributed by atoms with Crippen LogP contribution >= 0.6 is 0 Å². The van der Waals surface area contributed by atoms with Crippen molar-refractivity contribution in [3.8, 4) is 0 Å². The van der Waals surface area contributed by atoms with Crippen LogP contribution in [0.3, 0.4) is 0 Å². The third kappa shape index (κ3) is 7.81. The molecule has 1 fully saturated rings. The molecule has 0 radical (unpaired) electrons. The van der Waals surface area contributed by atoms with Gasteiger partial charge in [0, 0.05) is 25.8 Å². The van der Waals surface area contributed by atoms with Gasteiger partial charge in [-0.3, -0.25) is 5.01 Å². The number of unbranched alkanes of at least 4 members (excludes halogenated alkanes) is 1. The maximum Gasteiger partial charge on any atom is 0.184 e. The van der Waals surface area contributed by atoms with Gasteiger partial charge < -0.3 is 9.16 Å². The molecule has 136 valence electrons. The Morgan fingerprint density at radius 2 is 2.04 bits per heavy atom. The number of hydrazone groups is 1. The first kappa shape index (κ1) is 20.7. The van der Waals surface area contributed by atoms with E-state index >= 15 is 0 Å². The molecule has 0 aromatic heterocycles. The van der Waals surface area contributed by atoms with Crippen molar-refractivity contribution in [2.45, 2.75) is 90.6 Å². The van der Waals surface area contributed by atoms with E-state index in [2.05, 4.69) is 45.4 Å². The molecule has 0 amide bonds. The summed E-state index contributed by atoms with van der Waals surface area (Å²) in [5.41, 5.74) is 1.11. The number of ether oxygens (including phenoxy) is 1. The van der Waals surface area contributed by atoms with Crippen molar-refractivity contribution >= 4 is 14.0 Å². The molecule has 4 nitrogen and oxygen atoms in total. The molecule has 1 rings (SSSR count). The van der Waals surface area contributed by atoms with Crippen LogP contribution in [0.1, 0.15) is 59.3 Å². The Labute approximate surface area is 144 Å². The van der Waals surface area contributed by atoms with Crippen molar-refractivity contribution in [3.63, 3.8) is 0 Å². The van der Waals surface area contributed by atoms with Gasteiger partial charge in [-0.25, -0.2) is 0 Å². The van der Waals surface area contributed by atoms with Crippen molar-refractivity contribution in [3.05, 3.63) is 0 Å². The van der Waals surface area contributed by atoms with Crippen molar-refractivity contribution in [1.29, 1.82) is 0 Å². The molecule has 0 N–H and O–H groups in total. The fourth-order valence-corrected chi connectivity index (χ4v) is 5.23. The molecule has 1 unspecified atom stereocenters. The third-order valence-corrected chi connectivity index (χ3v) is 5.35. The molecule has 0 saturated carbocycles. The lowest BCUT2D eigenvalue weighted by Crippen LogP contribution is -2.42. The molecule has 0 bridgehead atoms. The maximum absolute atomic E-state index is 6.55. The minimum atomic E-state index is -1.57. The Hall–Kier alpha value is -0.393. The van der Waals surface area contributed by atoms with E-state index in [1.54, 1.807) is 7.11 Å². The Morgan fingerprint density at radius 3 is 2.61 bits per heavy atom. The van der Waals surface area contributed by atoms with E-state index in [9.17, 15) is 0 Å². The summed E-state index contributed by atoms with van der Waals surface area (Å²) in [6, 6.07) is 0.440. The Balaban J connectivity index is 2.74. The van der Waals surface area contributed by atoms with E-state index in [0.29, 0.717) is 6.04 Å². The highest BCUT2D eigenvalue weighted by atomic mass is 28.4. The summed E-state index contributed by atoms with van der Waals surface area (Å²) in [5, 5.41) is 7.13. The predicted molar refractivity (Wildman–Crippen MR) is 102 cm³/mol. The molecule has 0 aliphatic carbocycles. The molecule has 23 heavy (non-hydrogen) atoms. The number of hydrogen-bond acceptors (Lipinski definition) is 4. The fourth-order valence-electron chi connectivity index (χ4n) is 3.58.